The van der Waals surface area contributed by atoms with Crippen molar-refractivity contribution in [1.29, 1.82) is 0 Å². The van der Waals surface area contributed by atoms with E-state index >= 15 is 0 Å². The number of esters is 2. The third-order valence-electron chi connectivity index (χ3n) is 3.95. The molecule has 0 radical (unpaired) electrons. The maximum Gasteiger partial charge on any atom is 0.337 e. The van der Waals surface area contributed by atoms with Crippen LogP contribution >= 0.6 is 11.3 Å². The number of benzene rings is 1. The zero-order valence-corrected chi connectivity index (χ0v) is 16.6. The van der Waals surface area contributed by atoms with Gasteiger partial charge in [0, 0.05) is 5.69 Å². The molecule has 2 rings (SSSR count). The number of rotatable bonds is 7. The number of carbonyl (C=O) groups excluding carboxylic acids is 3. The number of ether oxygens (including phenoxy) is 2. The van der Waals surface area contributed by atoms with Crippen molar-refractivity contribution in [3.05, 3.63) is 51.2 Å². The van der Waals surface area contributed by atoms with Gasteiger partial charge in [-0.05, 0) is 42.1 Å². The Balaban J connectivity index is 2.10. The first kappa shape index (κ1) is 20.6. The van der Waals surface area contributed by atoms with Crippen molar-refractivity contribution in [2.75, 3.05) is 33.1 Å². The molecule has 8 heteroatoms. The number of methoxy groups -OCH3 is 2. The molecule has 7 nitrogen and oxygen atoms in total. The van der Waals surface area contributed by atoms with E-state index in [-0.39, 0.29) is 23.6 Å². The highest BCUT2D eigenvalue weighted by atomic mass is 32.1. The number of hydrogen-bond donors (Lipinski definition) is 2. The fourth-order valence-corrected chi connectivity index (χ4v) is 3.59. The van der Waals surface area contributed by atoms with Crippen LogP contribution in [0, 0.1) is 6.92 Å². The minimum absolute atomic E-state index is 0.158. The van der Waals surface area contributed by atoms with E-state index in [1.165, 1.54) is 42.9 Å². The first-order chi connectivity index (χ1) is 12.8. The number of likely N-dealkylation sites (N-methyl/N-ethyl adjacent to an activating group) is 1. The van der Waals surface area contributed by atoms with Crippen LogP contribution in [0.2, 0.25) is 0 Å². The van der Waals surface area contributed by atoms with Gasteiger partial charge in [-0.3, -0.25) is 4.79 Å². The molecule has 0 bridgehead atoms. The molecular formula is C19H23N2O5S+. The molecule has 1 atom stereocenters. The predicted octanol–water partition coefficient (Wildman–Crippen LogP) is 1.28. The number of hydrogen-bond acceptors (Lipinski definition) is 6. The van der Waals surface area contributed by atoms with Gasteiger partial charge in [-0.25, -0.2) is 9.59 Å². The number of amides is 1. The summed E-state index contributed by atoms with van der Waals surface area (Å²) < 4.78 is 9.38. The Bertz CT molecular complexity index is 812. The van der Waals surface area contributed by atoms with Gasteiger partial charge in [-0.1, -0.05) is 0 Å². The summed E-state index contributed by atoms with van der Waals surface area (Å²) >= 11 is 1.67. The van der Waals surface area contributed by atoms with Gasteiger partial charge in [0.2, 0.25) is 0 Å². The lowest BCUT2D eigenvalue weighted by Gasteiger charge is -2.14. The Labute approximate surface area is 161 Å². The predicted molar refractivity (Wildman–Crippen MR) is 102 cm³/mol. The fraction of sp³-hybridized carbons (Fsp3) is 0.316. The minimum Gasteiger partial charge on any atom is -0.465 e. The molecule has 27 heavy (non-hydrogen) atoms. The van der Waals surface area contributed by atoms with Crippen LogP contribution in [-0.2, 0) is 20.8 Å². The summed E-state index contributed by atoms with van der Waals surface area (Å²) in [6.07, 6.45) is 0. The highest BCUT2D eigenvalue weighted by Crippen LogP contribution is 2.17. The monoisotopic (exact) mass is 391 g/mol. The van der Waals surface area contributed by atoms with Crippen LogP contribution in [0.1, 0.15) is 31.2 Å². The number of carbonyl (C=O) groups is 3. The first-order valence-corrected chi connectivity index (χ1v) is 9.17. The zero-order chi connectivity index (χ0) is 20.0. The Morgan fingerprint density at radius 1 is 1.07 bits per heavy atom. The quantitative estimate of drug-likeness (QED) is 0.695. The van der Waals surface area contributed by atoms with Gasteiger partial charge in [0.05, 0.1) is 37.3 Å². The van der Waals surface area contributed by atoms with Crippen LogP contribution in [0.5, 0.6) is 0 Å². The normalized spacial score (nSPS) is 11.6. The van der Waals surface area contributed by atoms with Gasteiger partial charge in [-0.15, -0.1) is 11.3 Å². The molecule has 0 fully saturated rings. The van der Waals surface area contributed by atoms with Crippen LogP contribution in [0.25, 0.3) is 0 Å². The van der Waals surface area contributed by atoms with Gasteiger partial charge in [-0.2, -0.15) is 0 Å². The Hall–Kier alpha value is -2.71. The van der Waals surface area contributed by atoms with Crippen LogP contribution in [0.3, 0.4) is 0 Å². The van der Waals surface area contributed by atoms with E-state index in [4.69, 9.17) is 9.47 Å². The molecule has 0 aliphatic carbocycles. The van der Waals surface area contributed by atoms with Crippen molar-refractivity contribution in [2.24, 2.45) is 0 Å². The van der Waals surface area contributed by atoms with Crippen molar-refractivity contribution in [1.82, 2.24) is 0 Å². The number of anilines is 1. The topological polar surface area (TPSA) is 86.1 Å². The summed E-state index contributed by atoms with van der Waals surface area (Å²) in [7, 11) is 4.43. The van der Waals surface area contributed by atoms with E-state index in [9.17, 15) is 14.4 Å². The standard InChI is InChI=1S/C19H22N2O5S/c1-12-5-6-27-16(12)10-21(2)11-17(22)20-15-8-13(18(23)25-3)7-14(9-15)19(24)26-4/h5-9H,10-11H2,1-4H3,(H,20,22)/p+1. The molecule has 2 N–H and O–H groups in total. The van der Waals surface area contributed by atoms with E-state index in [2.05, 4.69) is 11.4 Å². The molecule has 0 aliphatic heterocycles. The molecule has 0 saturated carbocycles. The molecule has 0 spiro atoms. The van der Waals surface area contributed by atoms with Gasteiger partial charge in [0.1, 0.15) is 6.54 Å². The molecule has 1 aromatic heterocycles. The van der Waals surface area contributed by atoms with Gasteiger partial charge in [0.25, 0.3) is 5.91 Å². The van der Waals surface area contributed by atoms with Crippen LogP contribution in [0.4, 0.5) is 5.69 Å². The SMILES string of the molecule is COC(=O)c1cc(NC(=O)C[NH+](C)Cc2sccc2C)cc(C(=O)OC)c1. The summed E-state index contributed by atoms with van der Waals surface area (Å²) in [5, 5.41) is 4.77. The second kappa shape index (κ2) is 9.29. The van der Waals surface area contributed by atoms with Crippen molar-refractivity contribution in [3.63, 3.8) is 0 Å². The van der Waals surface area contributed by atoms with Crippen molar-refractivity contribution < 1.29 is 28.8 Å². The number of thiophene rings is 1. The summed E-state index contributed by atoms with van der Waals surface area (Å²) in [6.45, 7) is 3.03. The molecule has 2 aromatic rings. The minimum atomic E-state index is -0.604. The molecule has 1 amide bonds. The number of aryl methyl sites for hydroxylation is 1. The largest absolute Gasteiger partial charge is 0.465 e. The Morgan fingerprint density at radius 3 is 2.15 bits per heavy atom. The smallest absolute Gasteiger partial charge is 0.337 e. The summed E-state index contributed by atoms with van der Waals surface area (Å²) in [5.41, 5.74) is 1.87. The number of nitrogens with one attached hydrogen (secondary N) is 2. The van der Waals surface area contributed by atoms with Gasteiger partial charge < -0.3 is 19.7 Å². The van der Waals surface area contributed by atoms with E-state index in [1.54, 1.807) is 11.3 Å². The van der Waals surface area contributed by atoms with Crippen LogP contribution in [-0.4, -0.2) is 45.7 Å². The maximum atomic E-state index is 12.4. The van der Waals surface area contributed by atoms with Crippen LogP contribution in [0.15, 0.2) is 29.6 Å². The highest BCUT2D eigenvalue weighted by molar-refractivity contribution is 7.10. The van der Waals surface area contributed by atoms with Gasteiger partial charge >= 0.3 is 11.9 Å². The van der Waals surface area contributed by atoms with E-state index < -0.39 is 11.9 Å². The summed E-state index contributed by atoms with van der Waals surface area (Å²) in [4.78, 5) is 38.3. The highest BCUT2D eigenvalue weighted by Gasteiger charge is 2.17. The molecule has 1 unspecified atom stereocenters. The van der Waals surface area contributed by atoms with Crippen molar-refractivity contribution in [2.45, 2.75) is 13.5 Å². The van der Waals surface area contributed by atoms with Crippen molar-refractivity contribution in [3.8, 4) is 0 Å². The third-order valence-corrected chi connectivity index (χ3v) is 4.97. The lowest BCUT2D eigenvalue weighted by atomic mass is 10.1. The second-order valence-electron chi connectivity index (χ2n) is 6.17. The molecular weight excluding hydrogens is 368 g/mol. The molecule has 0 aliphatic rings. The maximum absolute atomic E-state index is 12.4. The first-order valence-electron chi connectivity index (χ1n) is 8.30. The molecule has 1 heterocycles. The lowest BCUT2D eigenvalue weighted by Crippen LogP contribution is -3.08. The van der Waals surface area contributed by atoms with E-state index in [0.29, 0.717) is 5.69 Å². The zero-order valence-electron chi connectivity index (χ0n) is 15.8. The second-order valence-corrected chi connectivity index (χ2v) is 7.17. The molecule has 144 valence electrons. The number of quaternary nitrogens is 1. The summed E-state index contributed by atoms with van der Waals surface area (Å²) in [6, 6.07) is 6.36. The Kier molecular flexibility index (Phi) is 7.09. The average Bonchev–Trinajstić information content (AvgIpc) is 3.04. The average molecular weight is 391 g/mol. The Morgan fingerprint density at radius 2 is 1.67 bits per heavy atom. The van der Waals surface area contributed by atoms with Crippen molar-refractivity contribution >= 4 is 34.9 Å². The van der Waals surface area contributed by atoms with Gasteiger partial charge in [0.15, 0.2) is 6.54 Å². The lowest BCUT2D eigenvalue weighted by molar-refractivity contribution is -0.884. The van der Waals surface area contributed by atoms with Crippen LogP contribution < -0.4 is 10.2 Å². The summed E-state index contributed by atoms with van der Waals surface area (Å²) in [5.74, 6) is -1.43. The fourth-order valence-electron chi connectivity index (χ4n) is 2.57. The third kappa shape index (κ3) is 5.63. The molecule has 0 saturated heterocycles. The van der Waals surface area contributed by atoms with E-state index in [0.717, 1.165) is 11.4 Å². The molecule has 1 aromatic carbocycles. The van der Waals surface area contributed by atoms with E-state index in [1.807, 2.05) is 19.4 Å².